The first-order valence-corrected chi connectivity index (χ1v) is 5.25. The maximum atomic E-state index is 11.7. The van der Waals surface area contributed by atoms with Crippen molar-refractivity contribution in [3.05, 3.63) is 11.6 Å². The van der Waals surface area contributed by atoms with Gasteiger partial charge in [-0.1, -0.05) is 20.8 Å². The van der Waals surface area contributed by atoms with E-state index >= 15 is 0 Å². The van der Waals surface area contributed by atoms with Crippen molar-refractivity contribution in [1.82, 2.24) is 20.5 Å². The van der Waals surface area contributed by atoms with Crippen LogP contribution in [-0.2, 0) is 6.42 Å². The molecule has 1 aliphatic carbocycles. The van der Waals surface area contributed by atoms with Crippen LogP contribution < -0.4 is 5.32 Å². The summed E-state index contributed by atoms with van der Waals surface area (Å²) in [4.78, 5) is 15.7. The SMILES string of the molecule is CCc1nc(C(=O)NC2CC2(C)C)n[nH]1. The molecule has 1 atom stereocenters. The van der Waals surface area contributed by atoms with E-state index in [1.165, 1.54) is 0 Å². The van der Waals surface area contributed by atoms with Crippen molar-refractivity contribution in [2.24, 2.45) is 5.41 Å². The van der Waals surface area contributed by atoms with Gasteiger partial charge in [-0.3, -0.25) is 9.89 Å². The van der Waals surface area contributed by atoms with Crippen molar-refractivity contribution in [3.8, 4) is 0 Å². The highest BCUT2D eigenvalue weighted by Crippen LogP contribution is 2.44. The Kier molecular flexibility index (Phi) is 2.25. The Morgan fingerprint density at radius 3 is 2.80 bits per heavy atom. The smallest absolute Gasteiger partial charge is 0.291 e. The van der Waals surface area contributed by atoms with Crippen LogP contribution in [0.2, 0.25) is 0 Å². The van der Waals surface area contributed by atoms with E-state index in [0.29, 0.717) is 0 Å². The van der Waals surface area contributed by atoms with Gasteiger partial charge in [0, 0.05) is 12.5 Å². The molecule has 0 spiro atoms. The van der Waals surface area contributed by atoms with Crippen molar-refractivity contribution in [2.45, 2.75) is 39.7 Å². The van der Waals surface area contributed by atoms with Crippen LogP contribution in [0.5, 0.6) is 0 Å². The first kappa shape index (κ1) is 10.1. The quantitative estimate of drug-likeness (QED) is 0.775. The Balaban J connectivity index is 1.97. The zero-order chi connectivity index (χ0) is 11.1. The van der Waals surface area contributed by atoms with Crippen LogP contribution in [-0.4, -0.2) is 27.1 Å². The Morgan fingerprint density at radius 1 is 1.67 bits per heavy atom. The molecule has 1 unspecified atom stereocenters. The van der Waals surface area contributed by atoms with Gasteiger partial charge in [-0.25, -0.2) is 4.98 Å². The molecule has 1 aromatic rings. The summed E-state index contributed by atoms with van der Waals surface area (Å²) in [7, 11) is 0. The fourth-order valence-electron chi connectivity index (χ4n) is 1.49. The maximum Gasteiger partial charge on any atom is 0.291 e. The molecule has 15 heavy (non-hydrogen) atoms. The van der Waals surface area contributed by atoms with Gasteiger partial charge in [0.1, 0.15) is 5.82 Å². The largest absolute Gasteiger partial charge is 0.346 e. The monoisotopic (exact) mass is 208 g/mol. The Bertz CT molecular complexity index is 383. The number of rotatable bonds is 3. The standard InChI is InChI=1S/C10H16N4O/c1-4-7-12-8(14-13-7)9(15)11-6-5-10(6,2)3/h6H,4-5H2,1-3H3,(H,11,15)(H,12,13,14). The molecule has 1 heterocycles. The van der Waals surface area contributed by atoms with Crippen molar-refractivity contribution in [3.63, 3.8) is 0 Å². The fraction of sp³-hybridized carbons (Fsp3) is 0.700. The number of H-pyrrole nitrogens is 1. The number of aryl methyl sites for hydroxylation is 1. The molecule has 82 valence electrons. The molecule has 0 aliphatic heterocycles. The van der Waals surface area contributed by atoms with Crippen LogP contribution >= 0.6 is 0 Å². The highest BCUT2D eigenvalue weighted by atomic mass is 16.2. The van der Waals surface area contributed by atoms with Crippen LogP contribution in [0.3, 0.4) is 0 Å². The predicted octanol–water partition coefficient (Wildman–Crippen LogP) is 0.895. The fourth-order valence-corrected chi connectivity index (χ4v) is 1.49. The molecule has 0 bridgehead atoms. The van der Waals surface area contributed by atoms with E-state index in [1.807, 2.05) is 6.92 Å². The normalized spacial score (nSPS) is 22.5. The van der Waals surface area contributed by atoms with Crippen LogP contribution in [0, 0.1) is 5.41 Å². The second kappa shape index (κ2) is 3.32. The summed E-state index contributed by atoms with van der Waals surface area (Å²) < 4.78 is 0. The summed E-state index contributed by atoms with van der Waals surface area (Å²) >= 11 is 0. The Morgan fingerprint density at radius 2 is 2.33 bits per heavy atom. The third kappa shape index (κ3) is 2.00. The van der Waals surface area contributed by atoms with Gasteiger partial charge < -0.3 is 5.32 Å². The highest BCUT2D eigenvalue weighted by molar-refractivity contribution is 5.90. The Labute approximate surface area is 88.7 Å². The number of carbonyl (C=O) groups is 1. The van der Waals surface area contributed by atoms with Crippen molar-refractivity contribution in [1.29, 1.82) is 0 Å². The summed E-state index contributed by atoms with van der Waals surface area (Å²) in [5.41, 5.74) is 0.236. The van der Waals surface area contributed by atoms with E-state index in [1.54, 1.807) is 0 Å². The zero-order valence-corrected chi connectivity index (χ0v) is 9.29. The van der Waals surface area contributed by atoms with Crippen molar-refractivity contribution in [2.75, 3.05) is 0 Å². The van der Waals surface area contributed by atoms with Crippen molar-refractivity contribution < 1.29 is 4.79 Å². The zero-order valence-electron chi connectivity index (χ0n) is 9.29. The van der Waals surface area contributed by atoms with Gasteiger partial charge >= 0.3 is 0 Å². The summed E-state index contributed by atoms with van der Waals surface area (Å²) in [5, 5.41) is 9.51. The van der Waals surface area contributed by atoms with Crippen LogP contribution in [0.4, 0.5) is 0 Å². The molecule has 5 nitrogen and oxygen atoms in total. The average Bonchev–Trinajstić information content (AvgIpc) is 2.67. The molecule has 5 heteroatoms. The maximum absolute atomic E-state index is 11.7. The molecular weight excluding hydrogens is 192 g/mol. The molecule has 0 saturated heterocycles. The lowest BCUT2D eigenvalue weighted by molar-refractivity contribution is 0.0936. The molecule has 0 aromatic carbocycles. The second-order valence-corrected chi connectivity index (χ2v) is 4.68. The lowest BCUT2D eigenvalue weighted by Gasteiger charge is -2.03. The summed E-state index contributed by atoms with van der Waals surface area (Å²) in [6, 6.07) is 0.272. The molecule has 0 radical (unpaired) electrons. The van der Waals surface area contributed by atoms with Gasteiger partial charge in [0.2, 0.25) is 5.82 Å². The predicted molar refractivity (Wildman–Crippen MR) is 55.4 cm³/mol. The third-order valence-electron chi connectivity index (χ3n) is 2.89. The van der Waals surface area contributed by atoms with Gasteiger partial charge in [0.25, 0.3) is 5.91 Å². The van der Waals surface area contributed by atoms with Gasteiger partial charge in [-0.15, -0.1) is 5.10 Å². The van der Waals surface area contributed by atoms with E-state index < -0.39 is 0 Å². The van der Waals surface area contributed by atoms with E-state index in [0.717, 1.165) is 18.7 Å². The number of nitrogens with zero attached hydrogens (tertiary/aromatic N) is 2. The van der Waals surface area contributed by atoms with Crippen LogP contribution in [0.25, 0.3) is 0 Å². The minimum Gasteiger partial charge on any atom is -0.346 e. The molecule has 2 N–H and O–H groups in total. The first-order valence-electron chi connectivity index (χ1n) is 5.25. The number of hydrogen-bond donors (Lipinski definition) is 2. The molecular formula is C10H16N4O. The highest BCUT2D eigenvalue weighted by Gasteiger charge is 2.46. The van der Waals surface area contributed by atoms with Gasteiger partial charge in [0.15, 0.2) is 0 Å². The van der Waals surface area contributed by atoms with Crippen molar-refractivity contribution >= 4 is 5.91 Å². The first-order chi connectivity index (χ1) is 7.03. The lowest BCUT2D eigenvalue weighted by Crippen LogP contribution is -2.29. The molecule has 1 aliphatic rings. The minimum absolute atomic E-state index is 0.179. The van der Waals surface area contributed by atoms with Gasteiger partial charge in [0.05, 0.1) is 0 Å². The van der Waals surface area contributed by atoms with E-state index in [9.17, 15) is 4.79 Å². The summed E-state index contributed by atoms with van der Waals surface area (Å²) in [6.07, 6.45) is 1.79. The lowest BCUT2D eigenvalue weighted by atomic mass is 10.2. The van der Waals surface area contributed by atoms with E-state index in [4.69, 9.17) is 0 Å². The molecule has 1 saturated carbocycles. The number of carbonyl (C=O) groups excluding carboxylic acids is 1. The van der Waals surface area contributed by atoms with E-state index in [-0.39, 0.29) is 23.2 Å². The number of amides is 1. The molecule has 1 aromatic heterocycles. The number of aromatic amines is 1. The van der Waals surface area contributed by atoms with Gasteiger partial charge in [-0.05, 0) is 11.8 Å². The minimum atomic E-state index is -0.179. The molecule has 2 rings (SSSR count). The topological polar surface area (TPSA) is 70.7 Å². The Hall–Kier alpha value is -1.39. The summed E-state index contributed by atoms with van der Waals surface area (Å²) in [6.45, 7) is 6.23. The number of aromatic nitrogens is 3. The second-order valence-electron chi connectivity index (χ2n) is 4.68. The van der Waals surface area contributed by atoms with Crippen LogP contribution in [0.15, 0.2) is 0 Å². The molecule has 1 amide bonds. The van der Waals surface area contributed by atoms with Crippen LogP contribution in [0.1, 0.15) is 43.6 Å². The molecule has 1 fully saturated rings. The third-order valence-corrected chi connectivity index (χ3v) is 2.89. The van der Waals surface area contributed by atoms with Gasteiger partial charge in [-0.2, -0.15) is 0 Å². The number of nitrogens with one attached hydrogen (secondary N) is 2. The average molecular weight is 208 g/mol. The summed E-state index contributed by atoms with van der Waals surface area (Å²) in [5.74, 6) is 0.811. The number of hydrogen-bond acceptors (Lipinski definition) is 3. The van der Waals surface area contributed by atoms with E-state index in [2.05, 4.69) is 34.3 Å².